The first-order valence-corrected chi connectivity index (χ1v) is 5.40. The third-order valence-corrected chi connectivity index (χ3v) is 3.18. The number of hydrogen-bond acceptors (Lipinski definition) is 3. The van der Waals surface area contributed by atoms with E-state index in [9.17, 15) is 4.79 Å². The molecule has 0 unspecified atom stereocenters. The normalized spacial score (nSPS) is 10.4. The summed E-state index contributed by atoms with van der Waals surface area (Å²) in [6, 6.07) is 5.44. The minimum Gasteiger partial charge on any atom is -0.496 e. The van der Waals surface area contributed by atoms with E-state index < -0.39 is 6.09 Å². The molecule has 0 bridgehead atoms. The minimum atomic E-state index is -0.410. The Bertz CT molecular complexity index is 547. The third-order valence-electron chi connectivity index (χ3n) is 2.36. The standard InChI is InChI=1S/C11H10BrNO3/c1-15-9-4-3-8-7(10(9)12)5-6-13(8)11(14)16-2/h3-6H,1-2H3. The van der Waals surface area contributed by atoms with Gasteiger partial charge in [0.15, 0.2) is 0 Å². The van der Waals surface area contributed by atoms with Gasteiger partial charge < -0.3 is 9.47 Å². The van der Waals surface area contributed by atoms with E-state index in [1.807, 2.05) is 12.1 Å². The van der Waals surface area contributed by atoms with E-state index in [-0.39, 0.29) is 0 Å². The Morgan fingerprint density at radius 2 is 2.06 bits per heavy atom. The molecule has 0 atom stereocenters. The van der Waals surface area contributed by atoms with E-state index >= 15 is 0 Å². The quantitative estimate of drug-likeness (QED) is 0.808. The molecule has 4 nitrogen and oxygen atoms in total. The first kappa shape index (κ1) is 11.0. The molecule has 0 N–H and O–H groups in total. The Kier molecular flexibility index (Phi) is 2.87. The summed E-state index contributed by atoms with van der Waals surface area (Å²) in [5.74, 6) is 0.732. The van der Waals surface area contributed by atoms with Crippen molar-refractivity contribution in [1.29, 1.82) is 0 Å². The number of carbonyl (C=O) groups is 1. The monoisotopic (exact) mass is 283 g/mol. The fourth-order valence-electron chi connectivity index (χ4n) is 1.58. The van der Waals surface area contributed by atoms with Gasteiger partial charge in [-0.05, 0) is 34.1 Å². The summed E-state index contributed by atoms with van der Waals surface area (Å²) in [5.41, 5.74) is 0.777. The van der Waals surface area contributed by atoms with Crippen LogP contribution in [0.15, 0.2) is 28.9 Å². The minimum absolute atomic E-state index is 0.410. The van der Waals surface area contributed by atoms with E-state index in [4.69, 9.17) is 4.74 Å². The summed E-state index contributed by atoms with van der Waals surface area (Å²) in [5, 5.41) is 0.907. The Morgan fingerprint density at radius 3 is 2.69 bits per heavy atom. The van der Waals surface area contributed by atoms with Gasteiger partial charge in [0, 0.05) is 11.6 Å². The van der Waals surface area contributed by atoms with Gasteiger partial charge in [-0.2, -0.15) is 0 Å². The fraction of sp³-hybridized carbons (Fsp3) is 0.182. The number of nitrogens with zero attached hydrogens (tertiary/aromatic N) is 1. The lowest BCUT2D eigenvalue weighted by atomic mass is 10.2. The number of fused-ring (bicyclic) bond motifs is 1. The van der Waals surface area contributed by atoms with Crippen molar-refractivity contribution in [3.05, 3.63) is 28.9 Å². The highest BCUT2D eigenvalue weighted by atomic mass is 79.9. The molecule has 1 aromatic carbocycles. The van der Waals surface area contributed by atoms with E-state index in [1.165, 1.54) is 11.7 Å². The van der Waals surface area contributed by atoms with Crippen LogP contribution < -0.4 is 4.74 Å². The number of hydrogen-bond donors (Lipinski definition) is 0. The van der Waals surface area contributed by atoms with Gasteiger partial charge in [0.1, 0.15) is 5.75 Å². The van der Waals surface area contributed by atoms with Crippen LogP contribution >= 0.6 is 15.9 Å². The molecule has 0 spiro atoms. The van der Waals surface area contributed by atoms with Gasteiger partial charge in [-0.1, -0.05) is 0 Å². The van der Waals surface area contributed by atoms with Crippen molar-refractivity contribution in [3.63, 3.8) is 0 Å². The topological polar surface area (TPSA) is 40.5 Å². The molecule has 0 radical (unpaired) electrons. The van der Waals surface area contributed by atoms with Crippen molar-refractivity contribution in [1.82, 2.24) is 4.57 Å². The van der Waals surface area contributed by atoms with Crippen LogP contribution in [0.2, 0.25) is 0 Å². The molecule has 0 fully saturated rings. The highest BCUT2D eigenvalue weighted by Gasteiger charge is 2.12. The summed E-state index contributed by atoms with van der Waals surface area (Å²) < 4.78 is 12.1. The lowest BCUT2D eigenvalue weighted by Gasteiger charge is -2.05. The molecule has 0 amide bonds. The summed E-state index contributed by atoms with van der Waals surface area (Å²) in [7, 11) is 2.95. The molecule has 2 rings (SSSR count). The zero-order valence-corrected chi connectivity index (χ0v) is 10.4. The van der Waals surface area contributed by atoms with E-state index in [1.54, 1.807) is 19.4 Å². The van der Waals surface area contributed by atoms with Crippen LogP contribution in [0.5, 0.6) is 5.75 Å². The summed E-state index contributed by atoms with van der Waals surface area (Å²) in [6.45, 7) is 0. The highest BCUT2D eigenvalue weighted by Crippen LogP contribution is 2.33. The lowest BCUT2D eigenvalue weighted by Crippen LogP contribution is -2.09. The van der Waals surface area contributed by atoms with E-state index in [2.05, 4.69) is 20.7 Å². The van der Waals surface area contributed by atoms with Crippen molar-refractivity contribution >= 4 is 32.9 Å². The van der Waals surface area contributed by atoms with Crippen LogP contribution in [-0.2, 0) is 4.74 Å². The Morgan fingerprint density at radius 1 is 1.31 bits per heavy atom. The molecular weight excluding hydrogens is 274 g/mol. The molecule has 0 saturated heterocycles. The van der Waals surface area contributed by atoms with Gasteiger partial charge in [0.25, 0.3) is 0 Å². The van der Waals surface area contributed by atoms with E-state index in [0.29, 0.717) is 0 Å². The van der Waals surface area contributed by atoms with Gasteiger partial charge in [-0.25, -0.2) is 4.79 Å². The SMILES string of the molecule is COC(=O)n1ccc2c(Br)c(OC)ccc21. The molecule has 84 valence electrons. The first-order valence-electron chi connectivity index (χ1n) is 4.61. The molecule has 0 saturated carbocycles. The molecule has 0 aliphatic heterocycles. The van der Waals surface area contributed by atoms with Gasteiger partial charge >= 0.3 is 6.09 Å². The molecule has 0 aliphatic carbocycles. The summed E-state index contributed by atoms with van der Waals surface area (Å²) in [4.78, 5) is 11.4. The van der Waals surface area contributed by atoms with Crippen LogP contribution in [0.25, 0.3) is 10.9 Å². The van der Waals surface area contributed by atoms with Crippen molar-refractivity contribution in [2.75, 3.05) is 14.2 Å². The molecule has 0 aliphatic rings. The number of benzene rings is 1. The number of aromatic nitrogens is 1. The predicted octanol–water partition coefficient (Wildman–Crippen LogP) is 3.03. The van der Waals surface area contributed by atoms with E-state index in [0.717, 1.165) is 21.1 Å². The molecule has 16 heavy (non-hydrogen) atoms. The number of methoxy groups -OCH3 is 2. The van der Waals surface area contributed by atoms with Crippen LogP contribution in [-0.4, -0.2) is 24.9 Å². The second-order valence-corrected chi connectivity index (χ2v) is 3.96. The largest absolute Gasteiger partial charge is 0.496 e. The van der Waals surface area contributed by atoms with Crippen molar-refractivity contribution in [3.8, 4) is 5.75 Å². The zero-order chi connectivity index (χ0) is 11.7. The highest BCUT2D eigenvalue weighted by molar-refractivity contribution is 9.10. The zero-order valence-electron chi connectivity index (χ0n) is 8.86. The Hall–Kier alpha value is -1.49. The Balaban J connectivity index is 2.67. The first-order chi connectivity index (χ1) is 7.69. The second kappa shape index (κ2) is 4.17. The van der Waals surface area contributed by atoms with Crippen molar-refractivity contribution < 1.29 is 14.3 Å². The van der Waals surface area contributed by atoms with Gasteiger partial charge in [-0.15, -0.1) is 0 Å². The Labute approximate surface area is 101 Å². The van der Waals surface area contributed by atoms with Crippen LogP contribution in [0.3, 0.4) is 0 Å². The smallest absolute Gasteiger partial charge is 0.418 e. The van der Waals surface area contributed by atoms with Crippen molar-refractivity contribution in [2.24, 2.45) is 0 Å². The number of carbonyl (C=O) groups excluding carboxylic acids is 1. The molecule has 5 heteroatoms. The average molecular weight is 284 g/mol. The average Bonchev–Trinajstić information content (AvgIpc) is 2.73. The van der Waals surface area contributed by atoms with Gasteiger partial charge in [0.05, 0.1) is 24.2 Å². The van der Waals surface area contributed by atoms with Crippen LogP contribution in [0.4, 0.5) is 4.79 Å². The maximum absolute atomic E-state index is 11.4. The van der Waals surface area contributed by atoms with Gasteiger partial charge in [-0.3, -0.25) is 4.57 Å². The maximum atomic E-state index is 11.4. The van der Waals surface area contributed by atoms with Crippen molar-refractivity contribution in [2.45, 2.75) is 0 Å². The maximum Gasteiger partial charge on any atom is 0.418 e. The summed E-state index contributed by atoms with van der Waals surface area (Å²) in [6.07, 6.45) is 1.26. The number of halogens is 1. The molecule has 1 heterocycles. The molecule has 2 aromatic rings. The number of rotatable bonds is 1. The predicted molar refractivity (Wildman–Crippen MR) is 64.0 cm³/mol. The lowest BCUT2D eigenvalue weighted by molar-refractivity contribution is 0.174. The molecule has 1 aromatic heterocycles. The second-order valence-electron chi connectivity index (χ2n) is 3.17. The van der Waals surface area contributed by atoms with Crippen LogP contribution in [0.1, 0.15) is 0 Å². The fourth-order valence-corrected chi connectivity index (χ4v) is 2.21. The number of ether oxygens (including phenoxy) is 2. The summed E-state index contributed by atoms with van der Waals surface area (Å²) >= 11 is 3.44. The van der Waals surface area contributed by atoms with Crippen LogP contribution in [0, 0.1) is 0 Å². The van der Waals surface area contributed by atoms with Gasteiger partial charge in [0.2, 0.25) is 0 Å². The third kappa shape index (κ3) is 1.57. The molecular formula is C11H10BrNO3.